The number of hydrogen-bond donors (Lipinski definition) is 1. The molecule has 1 N–H and O–H groups in total. The van der Waals surface area contributed by atoms with E-state index in [4.69, 9.17) is 0 Å². The summed E-state index contributed by atoms with van der Waals surface area (Å²) >= 11 is 0. The molecule has 136 valence electrons. The standard InChI is InChI=1S/C20H35N3O/c1-5-12-21-13-14-23(17(4)15-21)20(16-24)18-8-10-19(11-9-18)22(6-2)7-3/h8-11,17,20,24H,5-7,12-16H2,1-4H3. The second-order valence-corrected chi connectivity index (χ2v) is 6.85. The van der Waals surface area contributed by atoms with Crippen LogP contribution in [-0.4, -0.2) is 66.8 Å². The second kappa shape index (κ2) is 9.40. The van der Waals surface area contributed by atoms with Crippen LogP contribution in [0.3, 0.4) is 0 Å². The highest BCUT2D eigenvalue weighted by atomic mass is 16.3. The molecule has 1 saturated heterocycles. The van der Waals surface area contributed by atoms with Crippen LogP contribution in [0.2, 0.25) is 0 Å². The summed E-state index contributed by atoms with van der Waals surface area (Å²) in [6, 6.07) is 9.37. The molecule has 1 aliphatic rings. The fourth-order valence-electron chi connectivity index (χ4n) is 3.93. The number of hydrogen-bond acceptors (Lipinski definition) is 4. The zero-order valence-corrected chi connectivity index (χ0v) is 15.9. The van der Waals surface area contributed by atoms with Gasteiger partial charge in [-0.15, -0.1) is 0 Å². The van der Waals surface area contributed by atoms with Crippen molar-refractivity contribution in [3.05, 3.63) is 29.8 Å². The molecule has 1 aliphatic heterocycles. The van der Waals surface area contributed by atoms with Gasteiger partial charge in [0.05, 0.1) is 12.6 Å². The summed E-state index contributed by atoms with van der Waals surface area (Å²) in [5.74, 6) is 0. The third-order valence-electron chi connectivity index (χ3n) is 5.28. The van der Waals surface area contributed by atoms with E-state index >= 15 is 0 Å². The molecule has 1 heterocycles. The Morgan fingerprint density at radius 2 is 1.79 bits per heavy atom. The van der Waals surface area contributed by atoms with Crippen molar-refractivity contribution < 1.29 is 5.11 Å². The number of piperazine rings is 1. The lowest BCUT2D eigenvalue weighted by molar-refractivity contribution is 0.0253. The van der Waals surface area contributed by atoms with E-state index < -0.39 is 0 Å². The van der Waals surface area contributed by atoms with Crippen LogP contribution in [0.5, 0.6) is 0 Å². The Morgan fingerprint density at radius 3 is 2.29 bits per heavy atom. The molecule has 2 unspecified atom stereocenters. The third kappa shape index (κ3) is 4.50. The molecule has 0 radical (unpaired) electrons. The maximum Gasteiger partial charge on any atom is 0.0628 e. The van der Waals surface area contributed by atoms with Gasteiger partial charge in [0.1, 0.15) is 0 Å². The van der Waals surface area contributed by atoms with Gasteiger partial charge in [-0.25, -0.2) is 0 Å². The highest BCUT2D eigenvalue weighted by molar-refractivity contribution is 5.47. The second-order valence-electron chi connectivity index (χ2n) is 6.85. The lowest BCUT2D eigenvalue weighted by Crippen LogP contribution is -2.53. The molecule has 4 nitrogen and oxygen atoms in total. The first-order chi connectivity index (χ1) is 11.6. The molecular weight excluding hydrogens is 298 g/mol. The van der Waals surface area contributed by atoms with Crippen LogP contribution in [0.25, 0.3) is 0 Å². The van der Waals surface area contributed by atoms with Gasteiger partial charge in [-0.05, 0) is 51.4 Å². The molecule has 4 heteroatoms. The number of aliphatic hydroxyl groups is 1. The minimum Gasteiger partial charge on any atom is -0.394 e. The Kier molecular flexibility index (Phi) is 7.53. The summed E-state index contributed by atoms with van der Waals surface area (Å²) in [4.78, 5) is 7.36. The van der Waals surface area contributed by atoms with Gasteiger partial charge in [-0.2, -0.15) is 0 Å². The first-order valence-electron chi connectivity index (χ1n) is 9.58. The Hall–Kier alpha value is -1.10. The summed E-state index contributed by atoms with van der Waals surface area (Å²) in [5, 5.41) is 10.0. The van der Waals surface area contributed by atoms with Gasteiger partial charge in [-0.1, -0.05) is 19.1 Å². The molecule has 0 aliphatic carbocycles. The van der Waals surface area contributed by atoms with Gasteiger partial charge in [0.15, 0.2) is 0 Å². The van der Waals surface area contributed by atoms with Gasteiger partial charge < -0.3 is 14.9 Å². The number of nitrogens with zero attached hydrogens (tertiary/aromatic N) is 3. The lowest BCUT2D eigenvalue weighted by atomic mass is 10.0. The molecule has 1 fully saturated rings. The third-order valence-corrected chi connectivity index (χ3v) is 5.28. The Morgan fingerprint density at radius 1 is 1.12 bits per heavy atom. The van der Waals surface area contributed by atoms with E-state index in [-0.39, 0.29) is 12.6 Å². The SMILES string of the molecule is CCCN1CCN(C(CO)c2ccc(N(CC)CC)cc2)C(C)C1. The zero-order chi connectivity index (χ0) is 17.5. The van der Waals surface area contributed by atoms with Crippen LogP contribution >= 0.6 is 0 Å². The van der Waals surface area contributed by atoms with Crippen molar-refractivity contribution in [3.8, 4) is 0 Å². The molecule has 0 amide bonds. The molecule has 2 atom stereocenters. The topological polar surface area (TPSA) is 30.0 Å². The van der Waals surface area contributed by atoms with E-state index in [0.29, 0.717) is 6.04 Å². The number of rotatable bonds is 8. The maximum absolute atomic E-state index is 10.0. The van der Waals surface area contributed by atoms with E-state index in [1.807, 2.05) is 0 Å². The molecule has 24 heavy (non-hydrogen) atoms. The lowest BCUT2D eigenvalue weighted by Gasteiger charge is -2.43. The predicted molar refractivity (Wildman–Crippen MR) is 103 cm³/mol. The van der Waals surface area contributed by atoms with Crippen molar-refractivity contribution in [2.45, 2.75) is 46.2 Å². The minimum absolute atomic E-state index is 0.106. The summed E-state index contributed by atoms with van der Waals surface area (Å²) in [7, 11) is 0. The zero-order valence-electron chi connectivity index (χ0n) is 15.9. The Balaban J connectivity index is 2.08. The van der Waals surface area contributed by atoms with Crippen LogP contribution in [0.4, 0.5) is 5.69 Å². The molecule has 1 aromatic rings. The monoisotopic (exact) mass is 333 g/mol. The molecule has 0 spiro atoms. The molecule has 0 aromatic heterocycles. The van der Waals surface area contributed by atoms with Crippen molar-refractivity contribution in [2.75, 3.05) is 50.8 Å². The number of aliphatic hydroxyl groups excluding tert-OH is 1. The average Bonchev–Trinajstić information content (AvgIpc) is 2.60. The van der Waals surface area contributed by atoms with Crippen molar-refractivity contribution in [1.29, 1.82) is 0 Å². The van der Waals surface area contributed by atoms with Gasteiger partial charge in [0, 0.05) is 44.5 Å². The van der Waals surface area contributed by atoms with Crippen LogP contribution in [0.15, 0.2) is 24.3 Å². The van der Waals surface area contributed by atoms with E-state index in [1.54, 1.807) is 0 Å². The Bertz CT molecular complexity index is 472. The maximum atomic E-state index is 10.0. The minimum atomic E-state index is 0.106. The van der Waals surface area contributed by atoms with Gasteiger partial charge in [0.2, 0.25) is 0 Å². The first kappa shape index (κ1) is 19.2. The molecule has 1 aromatic carbocycles. The normalized spacial score (nSPS) is 21.0. The molecule has 0 saturated carbocycles. The van der Waals surface area contributed by atoms with Gasteiger partial charge in [-0.3, -0.25) is 4.90 Å². The van der Waals surface area contributed by atoms with Gasteiger partial charge >= 0.3 is 0 Å². The fraction of sp³-hybridized carbons (Fsp3) is 0.700. The summed E-state index contributed by atoms with van der Waals surface area (Å²) in [6.45, 7) is 15.5. The Labute approximate surface area is 148 Å². The quantitative estimate of drug-likeness (QED) is 0.792. The van der Waals surface area contributed by atoms with E-state index in [1.165, 1.54) is 24.2 Å². The molecular formula is C20H35N3O. The molecule has 2 rings (SSSR count). The van der Waals surface area contributed by atoms with Crippen LogP contribution < -0.4 is 4.90 Å². The average molecular weight is 334 g/mol. The van der Waals surface area contributed by atoms with Crippen LogP contribution in [-0.2, 0) is 0 Å². The highest BCUT2D eigenvalue weighted by Crippen LogP contribution is 2.27. The van der Waals surface area contributed by atoms with E-state index in [0.717, 1.165) is 32.7 Å². The number of anilines is 1. The van der Waals surface area contributed by atoms with Crippen molar-refractivity contribution in [1.82, 2.24) is 9.80 Å². The number of benzene rings is 1. The van der Waals surface area contributed by atoms with E-state index in [2.05, 4.69) is 66.7 Å². The fourth-order valence-corrected chi connectivity index (χ4v) is 3.93. The van der Waals surface area contributed by atoms with Crippen LogP contribution in [0, 0.1) is 0 Å². The summed E-state index contributed by atoms with van der Waals surface area (Å²) in [6.07, 6.45) is 1.21. The largest absolute Gasteiger partial charge is 0.394 e. The van der Waals surface area contributed by atoms with Crippen LogP contribution in [0.1, 0.15) is 45.7 Å². The van der Waals surface area contributed by atoms with Crippen molar-refractivity contribution >= 4 is 5.69 Å². The van der Waals surface area contributed by atoms with Crippen molar-refractivity contribution in [2.24, 2.45) is 0 Å². The highest BCUT2D eigenvalue weighted by Gasteiger charge is 2.29. The van der Waals surface area contributed by atoms with Gasteiger partial charge in [0.25, 0.3) is 0 Å². The summed E-state index contributed by atoms with van der Waals surface area (Å²) < 4.78 is 0. The van der Waals surface area contributed by atoms with E-state index in [9.17, 15) is 5.11 Å². The summed E-state index contributed by atoms with van der Waals surface area (Å²) in [5.41, 5.74) is 2.49. The van der Waals surface area contributed by atoms with Crippen molar-refractivity contribution in [3.63, 3.8) is 0 Å². The predicted octanol–water partition coefficient (Wildman–Crippen LogP) is 2.98. The first-order valence-corrected chi connectivity index (χ1v) is 9.58. The molecule has 0 bridgehead atoms. The smallest absolute Gasteiger partial charge is 0.0628 e.